The van der Waals surface area contributed by atoms with E-state index in [1.165, 1.54) is 0 Å². The van der Waals surface area contributed by atoms with Crippen molar-refractivity contribution in [3.63, 3.8) is 0 Å². The van der Waals surface area contributed by atoms with Crippen LogP contribution in [0.2, 0.25) is 0 Å². The minimum absolute atomic E-state index is 0.0938. The molecular weight excluding hydrogens is 412 g/mol. The molecule has 0 spiro atoms. The lowest BCUT2D eigenvalue weighted by Gasteiger charge is -2.34. The Morgan fingerprint density at radius 1 is 1.16 bits per heavy atom. The highest BCUT2D eigenvalue weighted by Gasteiger charge is 2.41. The standard InChI is InChI=1S/C23H34N4O3S/c1-16(24)21(28)26-20(18-10-6-3-7-11-18)23(30)27-15-31-14-19(27)22(29)25-13-12-17-8-4-2-5-9-17/h2,4-5,8-9,16,18-20H,3,6-7,10-15,24H2,1H3,(H,25,29)(H,26,28)/t16-,19-,20-/m0/s1. The van der Waals surface area contributed by atoms with Gasteiger partial charge in [-0.3, -0.25) is 14.4 Å². The molecule has 8 heteroatoms. The molecule has 4 N–H and O–H groups in total. The molecule has 2 aliphatic rings. The Morgan fingerprint density at radius 3 is 2.55 bits per heavy atom. The number of nitrogens with zero attached hydrogens (tertiary/aromatic N) is 1. The van der Waals surface area contributed by atoms with Crippen molar-refractivity contribution < 1.29 is 14.4 Å². The van der Waals surface area contributed by atoms with Crippen LogP contribution in [0.3, 0.4) is 0 Å². The molecule has 1 saturated carbocycles. The third kappa shape index (κ3) is 6.46. The highest BCUT2D eigenvalue weighted by Crippen LogP contribution is 2.30. The fourth-order valence-electron chi connectivity index (χ4n) is 4.28. The van der Waals surface area contributed by atoms with Gasteiger partial charge in [0.05, 0.1) is 11.9 Å². The van der Waals surface area contributed by atoms with Crippen molar-refractivity contribution in [2.24, 2.45) is 11.7 Å². The lowest BCUT2D eigenvalue weighted by atomic mass is 9.83. The van der Waals surface area contributed by atoms with Crippen molar-refractivity contribution in [2.75, 3.05) is 18.2 Å². The quantitative estimate of drug-likeness (QED) is 0.563. The number of amides is 3. The zero-order valence-corrected chi connectivity index (χ0v) is 19.0. The van der Waals surface area contributed by atoms with Crippen LogP contribution in [-0.4, -0.2) is 58.9 Å². The summed E-state index contributed by atoms with van der Waals surface area (Å²) in [6.45, 7) is 2.14. The Labute approximate surface area is 188 Å². The summed E-state index contributed by atoms with van der Waals surface area (Å²) >= 11 is 1.57. The second-order valence-corrected chi connectivity index (χ2v) is 9.52. The summed E-state index contributed by atoms with van der Waals surface area (Å²) in [5.74, 6) is 0.522. The summed E-state index contributed by atoms with van der Waals surface area (Å²) in [5, 5.41) is 5.87. The van der Waals surface area contributed by atoms with E-state index < -0.39 is 18.1 Å². The summed E-state index contributed by atoms with van der Waals surface area (Å²) in [4.78, 5) is 40.3. The number of carbonyl (C=O) groups is 3. The van der Waals surface area contributed by atoms with Gasteiger partial charge in [-0.25, -0.2) is 0 Å². The van der Waals surface area contributed by atoms with Crippen LogP contribution in [0.25, 0.3) is 0 Å². The molecule has 1 aliphatic carbocycles. The van der Waals surface area contributed by atoms with E-state index in [0.717, 1.165) is 44.1 Å². The third-order valence-corrected chi connectivity index (χ3v) is 7.13. The predicted octanol–water partition coefficient (Wildman–Crippen LogP) is 1.66. The zero-order chi connectivity index (χ0) is 22.2. The van der Waals surface area contributed by atoms with E-state index in [1.54, 1.807) is 23.6 Å². The Kier molecular flexibility index (Phi) is 8.78. The monoisotopic (exact) mass is 446 g/mol. The summed E-state index contributed by atoms with van der Waals surface area (Å²) < 4.78 is 0. The molecule has 3 amide bonds. The van der Waals surface area contributed by atoms with Crippen LogP contribution in [-0.2, 0) is 20.8 Å². The Bertz CT molecular complexity index is 752. The minimum Gasteiger partial charge on any atom is -0.354 e. The second-order valence-electron chi connectivity index (χ2n) is 8.52. The molecule has 1 aromatic rings. The van der Waals surface area contributed by atoms with Gasteiger partial charge in [0.1, 0.15) is 12.1 Å². The normalized spacial score (nSPS) is 21.4. The van der Waals surface area contributed by atoms with E-state index in [0.29, 0.717) is 18.2 Å². The van der Waals surface area contributed by atoms with Crippen LogP contribution in [0.15, 0.2) is 30.3 Å². The number of nitrogens with two attached hydrogens (primary N) is 1. The molecule has 3 rings (SSSR count). The van der Waals surface area contributed by atoms with Gasteiger partial charge < -0.3 is 21.3 Å². The van der Waals surface area contributed by atoms with Gasteiger partial charge in [0, 0.05) is 12.3 Å². The number of hydrogen-bond donors (Lipinski definition) is 3. The van der Waals surface area contributed by atoms with Crippen molar-refractivity contribution in [1.82, 2.24) is 15.5 Å². The van der Waals surface area contributed by atoms with Crippen molar-refractivity contribution in [1.29, 1.82) is 0 Å². The lowest BCUT2D eigenvalue weighted by Crippen LogP contribution is -2.58. The molecule has 1 aromatic carbocycles. The SMILES string of the molecule is C[C@H](N)C(=O)N[C@H](C(=O)N1CSC[C@H]1C(=O)NCCc1ccccc1)C1CCCCC1. The summed E-state index contributed by atoms with van der Waals surface area (Å²) in [7, 11) is 0. The van der Waals surface area contributed by atoms with Gasteiger partial charge in [-0.05, 0) is 37.7 Å². The van der Waals surface area contributed by atoms with Gasteiger partial charge in [-0.15, -0.1) is 11.8 Å². The molecule has 1 heterocycles. The van der Waals surface area contributed by atoms with Crippen molar-refractivity contribution >= 4 is 29.5 Å². The average Bonchev–Trinajstić information content (AvgIpc) is 3.28. The lowest BCUT2D eigenvalue weighted by molar-refractivity contribution is -0.142. The first-order valence-electron chi connectivity index (χ1n) is 11.2. The zero-order valence-electron chi connectivity index (χ0n) is 18.2. The highest BCUT2D eigenvalue weighted by atomic mass is 32.2. The second kappa shape index (κ2) is 11.5. The largest absolute Gasteiger partial charge is 0.354 e. The van der Waals surface area contributed by atoms with Gasteiger partial charge >= 0.3 is 0 Å². The number of thioether (sulfide) groups is 1. The first-order chi connectivity index (χ1) is 15.0. The maximum Gasteiger partial charge on any atom is 0.246 e. The van der Waals surface area contributed by atoms with Gasteiger partial charge in [0.2, 0.25) is 17.7 Å². The summed E-state index contributed by atoms with van der Waals surface area (Å²) in [6, 6.07) is 8.19. The van der Waals surface area contributed by atoms with Crippen LogP contribution in [0.1, 0.15) is 44.6 Å². The first kappa shape index (κ1) is 23.6. The molecule has 2 fully saturated rings. The van der Waals surface area contributed by atoms with E-state index >= 15 is 0 Å². The number of hydrogen-bond acceptors (Lipinski definition) is 5. The van der Waals surface area contributed by atoms with E-state index in [4.69, 9.17) is 5.73 Å². The molecule has 0 radical (unpaired) electrons. The number of nitrogens with one attached hydrogen (secondary N) is 2. The molecule has 7 nitrogen and oxygen atoms in total. The smallest absolute Gasteiger partial charge is 0.246 e. The maximum atomic E-state index is 13.5. The molecule has 0 unspecified atom stereocenters. The molecule has 170 valence electrons. The van der Waals surface area contributed by atoms with Crippen molar-refractivity contribution in [3.05, 3.63) is 35.9 Å². The number of carbonyl (C=O) groups excluding carboxylic acids is 3. The molecule has 1 aliphatic heterocycles. The Hall–Kier alpha value is -2.06. The van der Waals surface area contributed by atoms with E-state index in [1.807, 2.05) is 30.3 Å². The van der Waals surface area contributed by atoms with Crippen LogP contribution >= 0.6 is 11.8 Å². The number of rotatable bonds is 8. The van der Waals surface area contributed by atoms with Gasteiger partial charge in [0.15, 0.2) is 0 Å². The van der Waals surface area contributed by atoms with Crippen molar-refractivity contribution in [2.45, 2.75) is 63.6 Å². The molecule has 0 aromatic heterocycles. The van der Waals surface area contributed by atoms with Crippen LogP contribution < -0.4 is 16.4 Å². The van der Waals surface area contributed by atoms with Crippen LogP contribution in [0.5, 0.6) is 0 Å². The summed E-state index contributed by atoms with van der Waals surface area (Å²) in [5.41, 5.74) is 6.90. The van der Waals surface area contributed by atoms with Crippen molar-refractivity contribution in [3.8, 4) is 0 Å². The fourth-order valence-corrected chi connectivity index (χ4v) is 5.45. The Morgan fingerprint density at radius 2 is 1.87 bits per heavy atom. The predicted molar refractivity (Wildman–Crippen MR) is 123 cm³/mol. The molecular formula is C23H34N4O3S. The van der Waals surface area contributed by atoms with Gasteiger partial charge in [-0.1, -0.05) is 49.6 Å². The fraction of sp³-hybridized carbons (Fsp3) is 0.609. The Balaban J connectivity index is 1.63. The van der Waals surface area contributed by atoms with Crippen LogP contribution in [0, 0.1) is 5.92 Å². The maximum absolute atomic E-state index is 13.5. The van der Waals surface area contributed by atoms with Gasteiger partial charge in [0.25, 0.3) is 0 Å². The molecule has 0 bridgehead atoms. The molecule has 1 saturated heterocycles. The first-order valence-corrected chi connectivity index (χ1v) is 12.4. The topological polar surface area (TPSA) is 105 Å². The third-order valence-electron chi connectivity index (χ3n) is 6.12. The van der Waals surface area contributed by atoms with Crippen LogP contribution in [0.4, 0.5) is 0 Å². The molecule has 3 atom stereocenters. The van der Waals surface area contributed by atoms with E-state index in [2.05, 4.69) is 10.6 Å². The highest BCUT2D eigenvalue weighted by molar-refractivity contribution is 7.99. The average molecular weight is 447 g/mol. The van der Waals surface area contributed by atoms with E-state index in [-0.39, 0.29) is 23.6 Å². The van der Waals surface area contributed by atoms with E-state index in [9.17, 15) is 14.4 Å². The van der Waals surface area contributed by atoms with Gasteiger partial charge in [-0.2, -0.15) is 0 Å². The molecule has 31 heavy (non-hydrogen) atoms. The minimum atomic E-state index is -0.677. The summed E-state index contributed by atoms with van der Waals surface area (Å²) in [6.07, 6.45) is 5.83. The number of benzene rings is 1.